The predicted molar refractivity (Wildman–Crippen MR) is 62.4 cm³/mol. The first-order valence-electron chi connectivity index (χ1n) is 5.44. The lowest BCUT2D eigenvalue weighted by atomic mass is 10.0. The van der Waals surface area contributed by atoms with Gasteiger partial charge in [0.25, 0.3) is 0 Å². The molecular formula is C13H12F2O4. The Morgan fingerprint density at radius 2 is 1.95 bits per heavy atom. The van der Waals surface area contributed by atoms with Crippen LogP contribution >= 0.6 is 0 Å². The van der Waals surface area contributed by atoms with Gasteiger partial charge in [0.1, 0.15) is 6.10 Å². The maximum Gasteiger partial charge on any atom is 0.387 e. The Morgan fingerprint density at radius 3 is 2.53 bits per heavy atom. The van der Waals surface area contributed by atoms with Gasteiger partial charge < -0.3 is 19.0 Å². The van der Waals surface area contributed by atoms with Gasteiger partial charge in [0, 0.05) is 5.56 Å². The third-order valence-electron chi connectivity index (χ3n) is 2.58. The van der Waals surface area contributed by atoms with E-state index in [4.69, 9.17) is 9.15 Å². The molecule has 1 unspecified atom stereocenters. The monoisotopic (exact) mass is 270 g/mol. The second kappa shape index (κ2) is 5.71. The minimum absolute atomic E-state index is 0.127. The van der Waals surface area contributed by atoms with Crippen molar-refractivity contribution in [3.05, 3.63) is 47.9 Å². The Bertz CT molecular complexity index is 525. The molecule has 1 aromatic carbocycles. The maximum atomic E-state index is 12.3. The molecule has 1 atom stereocenters. The molecule has 0 bridgehead atoms. The SMILES string of the molecule is COc1ccc(C(O)c2ccoc2)cc1OC(F)F. The molecule has 6 heteroatoms. The summed E-state index contributed by atoms with van der Waals surface area (Å²) in [5.41, 5.74) is 0.922. The number of halogens is 2. The first kappa shape index (κ1) is 13.4. The smallest absolute Gasteiger partial charge is 0.387 e. The van der Waals surface area contributed by atoms with E-state index in [-0.39, 0.29) is 11.5 Å². The van der Waals surface area contributed by atoms with E-state index < -0.39 is 12.7 Å². The lowest BCUT2D eigenvalue weighted by Gasteiger charge is -2.14. The topological polar surface area (TPSA) is 51.8 Å². The summed E-state index contributed by atoms with van der Waals surface area (Å²) in [6, 6.07) is 5.91. The van der Waals surface area contributed by atoms with Crippen LogP contribution in [0.4, 0.5) is 8.78 Å². The molecule has 0 fully saturated rings. The van der Waals surface area contributed by atoms with Crippen molar-refractivity contribution in [2.45, 2.75) is 12.7 Å². The summed E-state index contributed by atoms with van der Waals surface area (Å²) >= 11 is 0. The van der Waals surface area contributed by atoms with E-state index in [0.717, 1.165) is 0 Å². The van der Waals surface area contributed by atoms with Gasteiger partial charge in [0.05, 0.1) is 19.6 Å². The Morgan fingerprint density at radius 1 is 1.16 bits per heavy atom. The zero-order valence-corrected chi connectivity index (χ0v) is 10.0. The Labute approximate surface area is 108 Å². The fourth-order valence-corrected chi connectivity index (χ4v) is 1.67. The van der Waals surface area contributed by atoms with Crippen LogP contribution in [0.3, 0.4) is 0 Å². The fourth-order valence-electron chi connectivity index (χ4n) is 1.67. The number of rotatable bonds is 5. The summed E-state index contributed by atoms with van der Waals surface area (Å²) in [4.78, 5) is 0. The molecule has 0 saturated heterocycles. The average molecular weight is 270 g/mol. The van der Waals surface area contributed by atoms with Gasteiger partial charge in [0.2, 0.25) is 0 Å². The summed E-state index contributed by atoms with van der Waals surface area (Å²) in [6.07, 6.45) is 1.81. The molecule has 0 aliphatic rings. The number of furan rings is 1. The molecule has 1 heterocycles. The number of ether oxygens (including phenoxy) is 2. The van der Waals surface area contributed by atoms with E-state index in [2.05, 4.69) is 4.74 Å². The van der Waals surface area contributed by atoms with Crippen LogP contribution in [0.15, 0.2) is 41.2 Å². The standard InChI is InChI=1S/C13H12F2O4/c1-17-10-3-2-8(6-11(10)19-13(14)15)12(16)9-4-5-18-7-9/h2-7,12-13,16H,1H3. The maximum absolute atomic E-state index is 12.3. The summed E-state index contributed by atoms with van der Waals surface area (Å²) in [6.45, 7) is -2.96. The van der Waals surface area contributed by atoms with Crippen LogP contribution in [-0.4, -0.2) is 18.8 Å². The Hall–Kier alpha value is -2.08. The normalized spacial score (nSPS) is 12.5. The zero-order chi connectivity index (χ0) is 13.8. The van der Waals surface area contributed by atoms with Crippen molar-refractivity contribution in [2.24, 2.45) is 0 Å². The van der Waals surface area contributed by atoms with Crippen molar-refractivity contribution < 1.29 is 27.8 Å². The fraction of sp³-hybridized carbons (Fsp3) is 0.231. The summed E-state index contributed by atoms with van der Waals surface area (Å²) in [7, 11) is 1.35. The number of aliphatic hydroxyl groups is 1. The number of hydrogen-bond donors (Lipinski definition) is 1. The Kier molecular flexibility index (Phi) is 4.01. The van der Waals surface area contributed by atoms with Crippen molar-refractivity contribution in [3.8, 4) is 11.5 Å². The second-order valence-electron chi connectivity index (χ2n) is 3.75. The number of alkyl halides is 2. The molecule has 1 N–H and O–H groups in total. The van der Waals surface area contributed by atoms with Gasteiger partial charge in [-0.25, -0.2) is 0 Å². The van der Waals surface area contributed by atoms with Crippen LogP contribution in [0.1, 0.15) is 17.2 Å². The molecule has 2 rings (SSSR count). The van der Waals surface area contributed by atoms with Crippen LogP contribution in [-0.2, 0) is 0 Å². The van der Waals surface area contributed by atoms with Gasteiger partial charge in [-0.1, -0.05) is 6.07 Å². The molecule has 0 aliphatic carbocycles. The average Bonchev–Trinajstić information content (AvgIpc) is 2.91. The van der Waals surface area contributed by atoms with Crippen molar-refractivity contribution in [1.29, 1.82) is 0 Å². The van der Waals surface area contributed by atoms with E-state index in [0.29, 0.717) is 11.1 Å². The lowest BCUT2D eigenvalue weighted by Crippen LogP contribution is -2.05. The van der Waals surface area contributed by atoms with E-state index in [1.54, 1.807) is 12.1 Å². The third kappa shape index (κ3) is 3.03. The van der Waals surface area contributed by atoms with Crippen LogP contribution in [0, 0.1) is 0 Å². The summed E-state index contributed by atoms with van der Waals surface area (Å²) in [5.74, 6) is 0.0426. The molecule has 1 aromatic heterocycles. The van der Waals surface area contributed by atoms with Crippen LogP contribution in [0.2, 0.25) is 0 Å². The van der Waals surface area contributed by atoms with Gasteiger partial charge in [0.15, 0.2) is 11.5 Å². The minimum Gasteiger partial charge on any atom is -0.493 e. The van der Waals surface area contributed by atoms with Gasteiger partial charge in [-0.15, -0.1) is 0 Å². The highest BCUT2D eigenvalue weighted by Crippen LogP contribution is 2.33. The van der Waals surface area contributed by atoms with Crippen molar-refractivity contribution >= 4 is 0 Å². The number of methoxy groups -OCH3 is 1. The van der Waals surface area contributed by atoms with E-state index >= 15 is 0 Å². The highest BCUT2D eigenvalue weighted by Gasteiger charge is 2.16. The van der Waals surface area contributed by atoms with Gasteiger partial charge in [-0.2, -0.15) is 8.78 Å². The highest BCUT2D eigenvalue weighted by atomic mass is 19.3. The van der Waals surface area contributed by atoms with Gasteiger partial charge in [-0.05, 0) is 23.8 Å². The van der Waals surface area contributed by atoms with Crippen molar-refractivity contribution in [1.82, 2.24) is 0 Å². The summed E-state index contributed by atoms with van der Waals surface area (Å²) in [5, 5.41) is 10.1. The van der Waals surface area contributed by atoms with E-state index in [1.807, 2.05) is 0 Å². The van der Waals surface area contributed by atoms with Crippen LogP contribution < -0.4 is 9.47 Å². The first-order chi connectivity index (χ1) is 9.11. The highest BCUT2D eigenvalue weighted by molar-refractivity contribution is 5.45. The first-order valence-corrected chi connectivity index (χ1v) is 5.44. The minimum atomic E-state index is -2.96. The summed E-state index contributed by atoms with van der Waals surface area (Å²) < 4.78 is 38.7. The molecular weight excluding hydrogens is 258 g/mol. The third-order valence-corrected chi connectivity index (χ3v) is 2.58. The van der Waals surface area contributed by atoms with Crippen molar-refractivity contribution in [2.75, 3.05) is 7.11 Å². The van der Waals surface area contributed by atoms with E-state index in [1.165, 1.54) is 31.8 Å². The molecule has 19 heavy (non-hydrogen) atoms. The van der Waals surface area contributed by atoms with Crippen LogP contribution in [0.25, 0.3) is 0 Å². The number of benzene rings is 1. The van der Waals surface area contributed by atoms with Gasteiger partial charge in [-0.3, -0.25) is 0 Å². The molecule has 4 nitrogen and oxygen atoms in total. The lowest BCUT2D eigenvalue weighted by molar-refractivity contribution is -0.0513. The quantitative estimate of drug-likeness (QED) is 0.907. The van der Waals surface area contributed by atoms with Gasteiger partial charge >= 0.3 is 6.61 Å². The molecule has 2 aromatic rings. The Balaban J connectivity index is 2.31. The molecule has 0 aliphatic heterocycles. The number of hydrogen-bond acceptors (Lipinski definition) is 4. The second-order valence-corrected chi connectivity index (χ2v) is 3.75. The largest absolute Gasteiger partial charge is 0.493 e. The molecule has 0 spiro atoms. The molecule has 102 valence electrons. The molecule has 0 amide bonds. The zero-order valence-electron chi connectivity index (χ0n) is 10.0. The molecule has 0 radical (unpaired) electrons. The van der Waals surface area contributed by atoms with E-state index in [9.17, 15) is 13.9 Å². The van der Waals surface area contributed by atoms with Crippen LogP contribution in [0.5, 0.6) is 11.5 Å². The van der Waals surface area contributed by atoms with Crippen molar-refractivity contribution in [3.63, 3.8) is 0 Å². The predicted octanol–water partition coefficient (Wildman–Crippen LogP) is 2.97. The number of aliphatic hydroxyl groups excluding tert-OH is 1. The molecule has 0 saturated carbocycles.